The first-order valence-corrected chi connectivity index (χ1v) is 7.66. The predicted molar refractivity (Wildman–Crippen MR) is 87.8 cm³/mol. The highest BCUT2D eigenvalue weighted by Gasteiger charge is 2.28. The maximum atomic E-state index is 12.8. The number of likely N-dealkylation sites (N-methyl/N-ethyl adjacent to an activating group) is 1. The molecule has 23 heavy (non-hydrogen) atoms. The number of primary amides is 1. The zero-order valence-electron chi connectivity index (χ0n) is 13.1. The minimum absolute atomic E-state index is 0.107. The summed E-state index contributed by atoms with van der Waals surface area (Å²) in [6, 6.07) is 9.52. The van der Waals surface area contributed by atoms with E-state index in [1.165, 1.54) is 0 Å². The van der Waals surface area contributed by atoms with Crippen molar-refractivity contribution in [3.8, 4) is 0 Å². The van der Waals surface area contributed by atoms with Gasteiger partial charge in [0.2, 0.25) is 5.91 Å². The van der Waals surface area contributed by atoms with E-state index in [1.807, 2.05) is 42.3 Å². The summed E-state index contributed by atoms with van der Waals surface area (Å²) in [5.74, 6) is -0.821. The molecule has 1 atom stereocenters. The Hall–Kier alpha value is -2.47. The van der Waals surface area contributed by atoms with Gasteiger partial charge in [0.1, 0.15) is 0 Å². The Morgan fingerprint density at radius 3 is 2.78 bits per heavy atom. The number of nitrogens with two attached hydrogens (primary N) is 1. The highest BCUT2D eigenvalue weighted by Crippen LogP contribution is 2.16. The van der Waals surface area contributed by atoms with Crippen molar-refractivity contribution >= 4 is 22.7 Å². The van der Waals surface area contributed by atoms with Gasteiger partial charge in [-0.1, -0.05) is 18.2 Å². The second-order valence-electron chi connectivity index (χ2n) is 6.03. The monoisotopic (exact) mass is 312 g/mol. The van der Waals surface area contributed by atoms with Crippen molar-refractivity contribution < 1.29 is 9.59 Å². The largest absolute Gasteiger partial charge is 0.369 e. The maximum absolute atomic E-state index is 12.8. The molecule has 0 saturated carbocycles. The van der Waals surface area contributed by atoms with E-state index in [9.17, 15) is 9.59 Å². The molecule has 120 valence electrons. The molecule has 6 heteroatoms. The van der Waals surface area contributed by atoms with E-state index in [1.54, 1.807) is 11.1 Å². The third-order valence-corrected chi connectivity index (χ3v) is 4.25. The van der Waals surface area contributed by atoms with Gasteiger partial charge in [0.15, 0.2) is 0 Å². The van der Waals surface area contributed by atoms with Crippen LogP contribution in [0.4, 0.5) is 0 Å². The van der Waals surface area contributed by atoms with Crippen LogP contribution in [0.15, 0.2) is 36.5 Å². The number of carbonyl (C=O) groups excluding carboxylic acids is 2. The maximum Gasteiger partial charge on any atom is 0.255 e. The summed E-state index contributed by atoms with van der Waals surface area (Å²) < 4.78 is 0. The molecule has 1 fully saturated rings. The molecule has 3 rings (SSSR count). The van der Waals surface area contributed by atoms with Gasteiger partial charge >= 0.3 is 0 Å². The normalized spacial score (nSPS) is 19.5. The highest BCUT2D eigenvalue weighted by atomic mass is 16.2. The minimum atomic E-state index is -0.367. The fraction of sp³-hybridized carbons (Fsp3) is 0.353. The molecule has 2 amide bonds. The molecule has 6 nitrogen and oxygen atoms in total. The number of aromatic nitrogens is 1. The van der Waals surface area contributed by atoms with Gasteiger partial charge in [-0.15, -0.1) is 0 Å². The van der Waals surface area contributed by atoms with Crippen molar-refractivity contribution in [1.82, 2.24) is 14.8 Å². The van der Waals surface area contributed by atoms with Crippen LogP contribution < -0.4 is 5.73 Å². The average molecular weight is 312 g/mol. The Labute approximate surface area is 134 Å². The molecule has 0 unspecified atom stereocenters. The quantitative estimate of drug-likeness (QED) is 0.886. The van der Waals surface area contributed by atoms with Crippen LogP contribution in [-0.2, 0) is 4.79 Å². The molecule has 1 saturated heterocycles. The smallest absolute Gasteiger partial charge is 0.255 e. The van der Waals surface area contributed by atoms with Crippen molar-refractivity contribution in [2.75, 3.05) is 33.2 Å². The number of carbonyl (C=O) groups is 2. The number of para-hydroxylation sites is 1. The zero-order valence-corrected chi connectivity index (χ0v) is 13.1. The third-order valence-electron chi connectivity index (χ3n) is 4.25. The average Bonchev–Trinajstić information content (AvgIpc) is 2.76. The fourth-order valence-electron chi connectivity index (χ4n) is 2.91. The first kappa shape index (κ1) is 15.4. The molecule has 2 heterocycles. The van der Waals surface area contributed by atoms with Crippen molar-refractivity contribution in [3.63, 3.8) is 0 Å². The number of rotatable bonds is 2. The van der Waals surface area contributed by atoms with Crippen molar-refractivity contribution in [3.05, 3.63) is 42.1 Å². The lowest BCUT2D eigenvalue weighted by atomic mass is 10.1. The van der Waals surface area contributed by atoms with E-state index in [-0.39, 0.29) is 17.7 Å². The molecule has 1 aromatic carbocycles. The number of fused-ring (bicyclic) bond motifs is 1. The number of nitrogens with zero attached hydrogens (tertiary/aromatic N) is 3. The van der Waals surface area contributed by atoms with E-state index in [2.05, 4.69) is 4.98 Å². The van der Waals surface area contributed by atoms with E-state index in [0.717, 1.165) is 17.4 Å². The van der Waals surface area contributed by atoms with Gasteiger partial charge in [0.05, 0.1) is 17.0 Å². The van der Waals surface area contributed by atoms with E-state index in [4.69, 9.17) is 5.73 Å². The first-order chi connectivity index (χ1) is 11.0. The Bertz CT molecular complexity index is 746. The molecule has 1 aliphatic heterocycles. The summed E-state index contributed by atoms with van der Waals surface area (Å²) in [5.41, 5.74) is 6.85. The van der Waals surface area contributed by atoms with E-state index >= 15 is 0 Å². The summed E-state index contributed by atoms with van der Waals surface area (Å²) in [7, 11) is 1.93. The minimum Gasteiger partial charge on any atom is -0.369 e. The molecule has 2 N–H and O–H groups in total. The summed E-state index contributed by atoms with van der Waals surface area (Å²) in [6.07, 6.45) is 1.60. The Morgan fingerprint density at radius 1 is 1.22 bits per heavy atom. The molecular formula is C17H20N4O2. The van der Waals surface area contributed by atoms with Crippen molar-refractivity contribution in [2.45, 2.75) is 0 Å². The molecule has 1 aliphatic rings. The lowest BCUT2D eigenvalue weighted by Gasteiger charge is -2.22. The van der Waals surface area contributed by atoms with Crippen LogP contribution in [0.2, 0.25) is 0 Å². The molecule has 1 aromatic heterocycles. The van der Waals surface area contributed by atoms with Crippen molar-refractivity contribution in [2.24, 2.45) is 11.7 Å². The van der Waals surface area contributed by atoms with Gasteiger partial charge in [-0.3, -0.25) is 14.6 Å². The van der Waals surface area contributed by atoms with Crippen LogP contribution in [0.25, 0.3) is 10.9 Å². The number of hydrogen-bond acceptors (Lipinski definition) is 4. The third kappa shape index (κ3) is 3.32. The van der Waals surface area contributed by atoms with Gasteiger partial charge < -0.3 is 15.5 Å². The lowest BCUT2D eigenvalue weighted by molar-refractivity contribution is -0.122. The summed E-state index contributed by atoms with van der Waals surface area (Å²) in [5, 5.41) is 0.928. The second kappa shape index (κ2) is 6.34. The SMILES string of the molecule is CN1CCN(C(=O)c2cnc3ccccc3c2)C[C@H](C(N)=O)C1. The fourth-order valence-corrected chi connectivity index (χ4v) is 2.91. The van der Waals surface area contributed by atoms with Crippen LogP contribution in [0.3, 0.4) is 0 Å². The number of pyridine rings is 1. The number of amides is 2. The van der Waals surface area contributed by atoms with Crippen LogP contribution in [-0.4, -0.2) is 59.8 Å². The van der Waals surface area contributed by atoms with Gasteiger partial charge in [0.25, 0.3) is 5.91 Å². The van der Waals surface area contributed by atoms with Crippen LogP contribution in [0.5, 0.6) is 0 Å². The summed E-state index contributed by atoms with van der Waals surface area (Å²) in [4.78, 5) is 32.4. The van der Waals surface area contributed by atoms with Crippen LogP contribution in [0.1, 0.15) is 10.4 Å². The van der Waals surface area contributed by atoms with Gasteiger partial charge in [-0.25, -0.2) is 0 Å². The molecule has 0 bridgehead atoms. The van der Waals surface area contributed by atoms with Gasteiger partial charge in [-0.05, 0) is 19.2 Å². The summed E-state index contributed by atoms with van der Waals surface area (Å²) >= 11 is 0. The molecule has 2 aromatic rings. The van der Waals surface area contributed by atoms with E-state index in [0.29, 0.717) is 25.2 Å². The lowest BCUT2D eigenvalue weighted by Crippen LogP contribution is -2.40. The standard InChI is InChI=1S/C17H20N4O2/c1-20-6-7-21(11-14(10-20)16(18)22)17(23)13-8-12-4-2-3-5-15(12)19-9-13/h2-5,8-9,14H,6-7,10-11H2,1H3,(H2,18,22)/t14-/m1/s1. The Morgan fingerprint density at radius 2 is 2.00 bits per heavy atom. The van der Waals surface area contributed by atoms with Crippen LogP contribution in [0, 0.1) is 5.92 Å². The van der Waals surface area contributed by atoms with Crippen molar-refractivity contribution in [1.29, 1.82) is 0 Å². The Balaban J connectivity index is 1.86. The summed E-state index contributed by atoms with van der Waals surface area (Å²) in [6.45, 7) is 2.23. The number of benzene rings is 1. The zero-order chi connectivity index (χ0) is 16.4. The topological polar surface area (TPSA) is 79.5 Å². The molecule has 0 radical (unpaired) electrons. The van der Waals surface area contributed by atoms with Crippen LogP contribution >= 0.6 is 0 Å². The molecule has 0 aliphatic carbocycles. The highest BCUT2D eigenvalue weighted by molar-refractivity contribution is 5.97. The second-order valence-corrected chi connectivity index (χ2v) is 6.03. The van der Waals surface area contributed by atoms with E-state index < -0.39 is 0 Å². The number of hydrogen-bond donors (Lipinski definition) is 1. The molecule has 0 spiro atoms. The van der Waals surface area contributed by atoms with Gasteiger partial charge in [0, 0.05) is 37.8 Å². The molecular weight excluding hydrogens is 292 g/mol. The Kier molecular flexibility index (Phi) is 4.25. The van der Waals surface area contributed by atoms with Gasteiger partial charge in [-0.2, -0.15) is 0 Å². The first-order valence-electron chi connectivity index (χ1n) is 7.66. The predicted octanol–water partition coefficient (Wildman–Crippen LogP) is 0.724.